The zero-order valence-corrected chi connectivity index (χ0v) is 13.5. The van der Waals surface area contributed by atoms with E-state index in [1.54, 1.807) is 19.1 Å². The van der Waals surface area contributed by atoms with Crippen LogP contribution in [0.4, 0.5) is 8.78 Å². The van der Waals surface area contributed by atoms with Gasteiger partial charge in [0, 0.05) is 6.54 Å². The number of nitrogens with two attached hydrogens (primary N) is 1. The Morgan fingerprint density at radius 2 is 2.08 bits per heavy atom. The molecule has 0 saturated carbocycles. The Balaban J connectivity index is 2.03. The van der Waals surface area contributed by atoms with Crippen LogP contribution in [0.3, 0.4) is 0 Å². The second-order valence-corrected chi connectivity index (χ2v) is 5.07. The SMILES string of the molecule is CCOc1cc(CN(C)Cc2noc(CN)n2)ccc1OC(F)F. The first-order chi connectivity index (χ1) is 11.5. The molecule has 9 heteroatoms. The Labute approximate surface area is 138 Å². The van der Waals surface area contributed by atoms with Crippen LogP contribution in [0.2, 0.25) is 0 Å². The van der Waals surface area contributed by atoms with Gasteiger partial charge in [0.15, 0.2) is 17.3 Å². The van der Waals surface area contributed by atoms with Crippen LogP contribution in [-0.4, -0.2) is 35.3 Å². The summed E-state index contributed by atoms with van der Waals surface area (Å²) in [5.41, 5.74) is 6.30. The Morgan fingerprint density at radius 3 is 2.71 bits per heavy atom. The number of nitrogens with zero attached hydrogens (tertiary/aromatic N) is 3. The Kier molecular flexibility index (Phi) is 6.44. The van der Waals surface area contributed by atoms with E-state index in [9.17, 15) is 8.78 Å². The molecule has 1 aromatic carbocycles. The van der Waals surface area contributed by atoms with E-state index < -0.39 is 6.61 Å². The zero-order chi connectivity index (χ0) is 17.5. The molecule has 0 saturated heterocycles. The normalized spacial score (nSPS) is 11.3. The summed E-state index contributed by atoms with van der Waals surface area (Å²) in [5.74, 6) is 1.21. The third kappa shape index (κ3) is 5.14. The number of ether oxygens (including phenoxy) is 2. The third-order valence-electron chi connectivity index (χ3n) is 3.07. The molecule has 2 N–H and O–H groups in total. The lowest BCUT2D eigenvalue weighted by Gasteiger charge is -2.17. The van der Waals surface area contributed by atoms with Gasteiger partial charge < -0.3 is 19.7 Å². The van der Waals surface area contributed by atoms with Crippen LogP contribution in [0.5, 0.6) is 11.5 Å². The maximum atomic E-state index is 12.4. The first kappa shape index (κ1) is 18.1. The molecule has 0 aliphatic rings. The largest absolute Gasteiger partial charge is 0.490 e. The predicted molar refractivity (Wildman–Crippen MR) is 81.6 cm³/mol. The molecule has 1 aromatic heterocycles. The topological polar surface area (TPSA) is 86.6 Å². The van der Waals surface area contributed by atoms with Gasteiger partial charge in [-0.2, -0.15) is 13.8 Å². The van der Waals surface area contributed by atoms with Crippen molar-refractivity contribution in [3.05, 3.63) is 35.5 Å². The smallest absolute Gasteiger partial charge is 0.387 e. The molecule has 132 valence electrons. The number of hydrogen-bond acceptors (Lipinski definition) is 7. The van der Waals surface area contributed by atoms with Crippen LogP contribution >= 0.6 is 0 Å². The molecule has 0 amide bonds. The summed E-state index contributed by atoms with van der Waals surface area (Å²) in [4.78, 5) is 6.08. The quantitative estimate of drug-likeness (QED) is 0.747. The van der Waals surface area contributed by atoms with E-state index in [1.807, 2.05) is 11.9 Å². The van der Waals surface area contributed by atoms with E-state index in [0.29, 0.717) is 31.4 Å². The van der Waals surface area contributed by atoms with Gasteiger partial charge in [0.2, 0.25) is 5.89 Å². The number of hydrogen-bond donors (Lipinski definition) is 1. The van der Waals surface area contributed by atoms with Gasteiger partial charge in [-0.1, -0.05) is 11.2 Å². The molecule has 7 nitrogen and oxygen atoms in total. The fourth-order valence-electron chi connectivity index (χ4n) is 2.16. The van der Waals surface area contributed by atoms with Gasteiger partial charge in [-0.15, -0.1) is 0 Å². The number of aromatic nitrogens is 2. The van der Waals surface area contributed by atoms with E-state index in [4.69, 9.17) is 15.0 Å². The summed E-state index contributed by atoms with van der Waals surface area (Å²) < 4.78 is 39.6. The van der Waals surface area contributed by atoms with E-state index in [0.717, 1.165) is 5.56 Å². The fraction of sp³-hybridized carbons (Fsp3) is 0.467. The number of alkyl halides is 2. The maximum Gasteiger partial charge on any atom is 0.387 e. The van der Waals surface area contributed by atoms with E-state index in [1.165, 1.54) is 6.07 Å². The van der Waals surface area contributed by atoms with Crippen molar-refractivity contribution in [3.63, 3.8) is 0 Å². The highest BCUT2D eigenvalue weighted by Crippen LogP contribution is 2.30. The maximum absolute atomic E-state index is 12.4. The lowest BCUT2D eigenvalue weighted by atomic mass is 10.2. The molecule has 0 radical (unpaired) electrons. The molecule has 0 aliphatic carbocycles. The Hall–Kier alpha value is -2.26. The van der Waals surface area contributed by atoms with Gasteiger partial charge >= 0.3 is 6.61 Å². The van der Waals surface area contributed by atoms with Crippen LogP contribution in [0, 0.1) is 0 Å². The Bertz CT molecular complexity index is 651. The monoisotopic (exact) mass is 342 g/mol. The van der Waals surface area contributed by atoms with Gasteiger partial charge in [0.05, 0.1) is 19.7 Å². The van der Waals surface area contributed by atoms with Gasteiger partial charge in [-0.3, -0.25) is 4.90 Å². The molecule has 0 aliphatic heterocycles. The van der Waals surface area contributed by atoms with Crippen LogP contribution in [-0.2, 0) is 19.6 Å². The molecule has 0 bridgehead atoms. The number of benzene rings is 1. The van der Waals surface area contributed by atoms with Crippen molar-refractivity contribution >= 4 is 0 Å². The molecule has 0 fully saturated rings. The molecule has 2 rings (SSSR count). The van der Waals surface area contributed by atoms with Crippen molar-refractivity contribution in [2.24, 2.45) is 5.73 Å². The van der Waals surface area contributed by atoms with E-state index >= 15 is 0 Å². The summed E-state index contributed by atoms with van der Waals surface area (Å²) in [6.07, 6.45) is 0. The Morgan fingerprint density at radius 1 is 1.29 bits per heavy atom. The zero-order valence-electron chi connectivity index (χ0n) is 13.5. The highest BCUT2D eigenvalue weighted by molar-refractivity contribution is 5.43. The van der Waals surface area contributed by atoms with Gasteiger partial charge in [-0.05, 0) is 31.7 Å². The number of halogens is 2. The summed E-state index contributed by atoms with van der Waals surface area (Å²) in [6.45, 7) is 0.428. The minimum atomic E-state index is -2.90. The average Bonchev–Trinajstić information content (AvgIpc) is 2.97. The molecule has 0 atom stereocenters. The van der Waals surface area contributed by atoms with Crippen molar-refractivity contribution in [2.75, 3.05) is 13.7 Å². The minimum Gasteiger partial charge on any atom is -0.490 e. The number of rotatable bonds is 9. The molecule has 0 unspecified atom stereocenters. The lowest BCUT2D eigenvalue weighted by molar-refractivity contribution is -0.0514. The molecule has 1 heterocycles. The van der Waals surface area contributed by atoms with Crippen LogP contribution < -0.4 is 15.2 Å². The highest BCUT2D eigenvalue weighted by Gasteiger charge is 2.13. The summed E-state index contributed by atoms with van der Waals surface area (Å²) in [7, 11) is 1.88. The molecular weight excluding hydrogens is 322 g/mol. The van der Waals surface area contributed by atoms with Crippen molar-refractivity contribution in [2.45, 2.75) is 33.2 Å². The minimum absolute atomic E-state index is 0.0176. The standard InChI is InChI=1S/C15H20F2N4O3/c1-3-22-12-6-10(4-5-11(12)23-15(16)17)8-21(2)9-13-19-14(7-18)24-20-13/h4-6,15H,3,7-9,18H2,1-2H3. The van der Waals surface area contributed by atoms with Crippen molar-refractivity contribution in [1.29, 1.82) is 0 Å². The fourth-order valence-corrected chi connectivity index (χ4v) is 2.16. The van der Waals surface area contributed by atoms with Crippen molar-refractivity contribution in [3.8, 4) is 11.5 Å². The second kappa shape index (κ2) is 8.55. The molecule has 24 heavy (non-hydrogen) atoms. The molecule has 2 aromatic rings. The summed E-state index contributed by atoms with van der Waals surface area (Å²) in [6, 6.07) is 4.86. The average molecular weight is 342 g/mol. The lowest BCUT2D eigenvalue weighted by Crippen LogP contribution is -2.18. The summed E-state index contributed by atoms with van der Waals surface area (Å²) in [5, 5.41) is 3.83. The summed E-state index contributed by atoms with van der Waals surface area (Å²) >= 11 is 0. The van der Waals surface area contributed by atoms with Gasteiger partial charge in [-0.25, -0.2) is 0 Å². The van der Waals surface area contributed by atoms with E-state index in [-0.39, 0.29) is 18.0 Å². The van der Waals surface area contributed by atoms with Gasteiger partial charge in [0.1, 0.15) is 0 Å². The van der Waals surface area contributed by atoms with E-state index in [2.05, 4.69) is 14.9 Å². The first-order valence-corrected chi connectivity index (χ1v) is 7.42. The van der Waals surface area contributed by atoms with Crippen LogP contribution in [0.25, 0.3) is 0 Å². The van der Waals surface area contributed by atoms with Crippen LogP contribution in [0.1, 0.15) is 24.2 Å². The van der Waals surface area contributed by atoms with Gasteiger partial charge in [0.25, 0.3) is 0 Å². The van der Waals surface area contributed by atoms with Crippen molar-refractivity contribution in [1.82, 2.24) is 15.0 Å². The molecule has 0 spiro atoms. The van der Waals surface area contributed by atoms with Crippen LogP contribution in [0.15, 0.2) is 22.7 Å². The molecular formula is C15H20F2N4O3. The predicted octanol–water partition coefficient (Wildman–Crippen LogP) is 2.16. The third-order valence-corrected chi connectivity index (χ3v) is 3.07. The highest BCUT2D eigenvalue weighted by atomic mass is 19.3. The van der Waals surface area contributed by atoms with Crippen molar-refractivity contribution < 1.29 is 22.8 Å². The first-order valence-electron chi connectivity index (χ1n) is 7.42. The second-order valence-electron chi connectivity index (χ2n) is 5.07.